The molecule has 0 amide bonds. The topological polar surface area (TPSA) is 62.5 Å². The molecule has 2 aromatic heterocycles. The van der Waals surface area contributed by atoms with Crippen molar-refractivity contribution in [3.8, 4) is 0 Å². The summed E-state index contributed by atoms with van der Waals surface area (Å²) in [5.41, 5.74) is 3.44. The highest BCUT2D eigenvalue weighted by Gasteiger charge is 2.00. The van der Waals surface area contributed by atoms with Crippen molar-refractivity contribution in [3.63, 3.8) is 0 Å². The SMILES string of the molecule is C/C(=N\NC(=S)Nc1ccccn1)c1ccco1. The summed E-state index contributed by atoms with van der Waals surface area (Å²) in [4.78, 5) is 4.09. The average Bonchev–Trinajstić information content (AvgIpc) is 2.91. The summed E-state index contributed by atoms with van der Waals surface area (Å²) in [5, 5.41) is 7.39. The molecule has 0 radical (unpaired) electrons. The third-order valence-electron chi connectivity index (χ3n) is 2.11. The van der Waals surface area contributed by atoms with Crippen molar-refractivity contribution in [2.45, 2.75) is 6.92 Å². The lowest BCUT2D eigenvalue weighted by atomic mass is 10.3. The van der Waals surface area contributed by atoms with Gasteiger partial charge < -0.3 is 9.73 Å². The fraction of sp³-hybridized carbons (Fsp3) is 0.0833. The molecule has 0 saturated carbocycles. The molecule has 6 heteroatoms. The van der Waals surface area contributed by atoms with Crippen LogP contribution >= 0.6 is 12.2 Å². The van der Waals surface area contributed by atoms with Crippen LogP contribution in [0.5, 0.6) is 0 Å². The Kier molecular flexibility index (Phi) is 4.03. The van der Waals surface area contributed by atoms with E-state index in [9.17, 15) is 0 Å². The highest BCUT2D eigenvalue weighted by molar-refractivity contribution is 7.80. The van der Waals surface area contributed by atoms with Crippen LogP contribution in [-0.4, -0.2) is 15.8 Å². The highest BCUT2D eigenvalue weighted by atomic mass is 32.1. The van der Waals surface area contributed by atoms with Crippen molar-refractivity contribution < 1.29 is 4.42 Å². The van der Waals surface area contributed by atoms with Crippen molar-refractivity contribution >= 4 is 28.9 Å². The molecule has 0 aliphatic carbocycles. The fourth-order valence-corrected chi connectivity index (χ4v) is 1.41. The number of hydrogen-bond acceptors (Lipinski definition) is 4. The van der Waals surface area contributed by atoms with E-state index in [1.807, 2.05) is 31.2 Å². The van der Waals surface area contributed by atoms with E-state index in [0.29, 0.717) is 22.4 Å². The molecule has 2 aromatic rings. The Bertz CT molecular complexity index is 536. The first-order valence-electron chi connectivity index (χ1n) is 5.32. The van der Waals surface area contributed by atoms with Crippen molar-refractivity contribution in [1.82, 2.24) is 10.4 Å². The number of furan rings is 1. The van der Waals surface area contributed by atoms with E-state index in [0.717, 1.165) is 0 Å². The molecule has 0 fully saturated rings. The third kappa shape index (κ3) is 3.39. The summed E-state index contributed by atoms with van der Waals surface area (Å²) < 4.78 is 5.20. The van der Waals surface area contributed by atoms with Gasteiger partial charge in [0.05, 0.1) is 6.26 Å². The molecule has 0 aliphatic heterocycles. The first kappa shape index (κ1) is 12.3. The van der Waals surface area contributed by atoms with Gasteiger partial charge in [-0.25, -0.2) is 4.98 Å². The van der Waals surface area contributed by atoms with E-state index in [-0.39, 0.29) is 0 Å². The Morgan fingerprint density at radius 1 is 1.33 bits per heavy atom. The Hall–Kier alpha value is -2.21. The van der Waals surface area contributed by atoms with Crippen LogP contribution in [0, 0.1) is 0 Å². The second-order valence-corrected chi connectivity index (χ2v) is 3.86. The van der Waals surface area contributed by atoms with E-state index in [2.05, 4.69) is 20.8 Å². The van der Waals surface area contributed by atoms with Crippen LogP contribution in [-0.2, 0) is 0 Å². The molecule has 2 N–H and O–H groups in total. The van der Waals surface area contributed by atoms with Gasteiger partial charge in [0.15, 0.2) is 5.11 Å². The number of nitrogens with zero attached hydrogens (tertiary/aromatic N) is 2. The van der Waals surface area contributed by atoms with Crippen LogP contribution < -0.4 is 10.7 Å². The predicted molar refractivity (Wildman–Crippen MR) is 74.5 cm³/mol. The lowest BCUT2D eigenvalue weighted by Gasteiger charge is -2.06. The Labute approximate surface area is 110 Å². The van der Waals surface area contributed by atoms with E-state index in [1.165, 1.54) is 0 Å². The van der Waals surface area contributed by atoms with Crippen molar-refractivity contribution in [3.05, 3.63) is 48.6 Å². The van der Waals surface area contributed by atoms with E-state index >= 15 is 0 Å². The molecule has 0 spiro atoms. The van der Waals surface area contributed by atoms with Gasteiger partial charge in [0.2, 0.25) is 0 Å². The lowest BCUT2D eigenvalue weighted by molar-refractivity contribution is 0.556. The van der Waals surface area contributed by atoms with Gasteiger partial charge in [0.1, 0.15) is 17.3 Å². The van der Waals surface area contributed by atoms with Crippen molar-refractivity contribution in [2.75, 3.05) is 5.32 Å². The Balaban J connectivity index is 1.91. The standard InChI is InChI=1S/C12H12N4OS/c1-9(10-5-4-8-17-10)15-16-12(18)14-11-6-2-3-7-13-11/h2-8H,1H3,(H2,13,14,16,18)/b15-9+. The quantitative estimate of drug-likeness (QED) is 0.504. The van der Waals surface area contributed by atoms with Gasteiger partial charge in [-0.2, -0.15) is 5.10 Å². The molecule has 5 nitrogen and oxygen atoms in total. The molecule has 0 aliphatic rings. The first-order valence-corrected chi connectivity index (χ1v) is 5.73. The zero-order valence-electron chi connectivity index (χ0n) is 9.75. The molecular weight excluding hydrogens is 248 g/mol. The zero-order chi connectivity index (χ0) is 12.8. The van der Waals surface area contributed by atoms with Crippen LogP contribution in [0.25, 0.3) is 0 Å². The first-order chi connectivity index (χ1) is 8.75. The minimum absolute atomic E-state index is 0.375. The van der Waals surface area contributed by atoms with Crippen molar-refractivity contribution in [2.24, 2.45) is 5.10 Å². The van der Waals surface area contributed by atoms with Gasteiger partial charge in [-0.3, -0.25) is 5.43 Å². The molecule has 18 heavy (non-hydrogen) atoms. The number of rotatable bonds is 3. The van der Waals surface area contributed by atoms with E-state index in [4.69, 9.17) is 16.6 Å². The van der Waals surface area contributed by atoms with Crippen LogP contribution in [0.15, 0.2) is 52.3 Å². The molecule has 0 saturated heterocycles. The Morgan fingerprint density at radius 2 is 2.22 bits per heavy atom. The number of hydrogen-bond donors (Lipinski definition) is 2. The van der Waals surface area contributed by atoms with Crippen LogP contribution in [0.2, 0.25) is 0 Å². The van der Waals surface area contributed by atoms with Crippen LogP contribution in [0.3, 0.4) is 0 Å². The highest BCUT2D eigenvalue weighted by Crippen LogP contribution is 2.02. The molecule has 92 valence electrons. The van der Waals surface area contributed by atoms with Gasteiger partial charge in [0.25, 0.3) is 0 Å². The number of hydrazone groups is 1. The maximum absolute atomic E-state index is 5.20. The molecule has 2 heterocycles. The average molecular weight is 260 g/mol. The predicted octanol–water partition coefficient (Wildman–Crippen LogP) is 2.39. The molecule has 0 atom stereocenters. The molecular formula is C12H12N4OS. The molecule has 0 aromatic carbocycles. The van der Waals surface area contributed by atoms with Gasteiger partial charge in [-0.1, -0.05) is 6.07 Å². The minimum atomic E-state index is 0.375. The van der Waals surface area contributed by atoms with E-state index in [1.54, 1.807) is 18.5 Å². The monoisotopic (exact) mass is 260 g/mol. The fourth-order valence-electron chi connectivity index (χ4n) is 1.26. The zero-order valence-corrected chi connectivity index (χ0v) is 10.6. The molecule has 2 rings (SSSR count). The maximum Gasteiger partial charge on any atom is 0.192 e. The van der Waals surface area contributed by atoms with Crippen LogP contribution in [0.4, 0.5) is 5.82 Å². The van der Waals surface area contributed by atoms with Gasteiger partial charge in [-0.05, 0) is 43.4 Å². The summed E-state index contributed by atoms with van der Waals surface area (Å²) in [6, 6.07) is 9.15. The van der Waals surface area contributed by atoms with E-state index < -0.39 is 0 Å². The third-order valence-corrected chi connectivity index (χ3v) is 2.30. The molecule has 0 unspecified atom stereocenters. The normalized spacial score (nSPS) is 11.1. The summed E-state index contributed by atoms with van der Waals surface area (Å²) in [7, 11) is 0. The minimum Gasteiger partial charge on any atom is -0.463 e. The maximum atomic E-state index is 5.20. The summed E-state index contributed by atoms with van der Waals surface area (Å²) in [6.07, 6.45) is 3.28. The summed E-state index contributed by atoms with van der Waals surface area (Å²) >= 11 is 5.08. The van der Waals surface area contributed by atoms with Gasteiger partial charge in [-0.15, -0.1) is 0 Å². The van der Waals surface area contributed by atoms with Crippen LogP contribution in [0.1, 0.15) is 12.7 Å². The number of pyridine rings is 1. The number of anilines is 1. The number of nitrogens with one attached hydrogen (secondary N) is 2. The molecule has 0 bridgehead atoms. The van der Waals surface area contributed by atoms with Crippen molar-refractivity contribution in [1.29, 1.82) is 0 Å². The number of thiocarbonyl (C=S) groups is 1. The number of aromatic nitrogens is 1. The Morgan fingerprint density at radius 3 is 2.89 bits per heavy atom. The largest absolute Gasteiger partial charge is 0.463 e. The summed E-state index contributed by atoms with van der Waals surface area (Å²) in [6.45, 7) is 1.83. The lowest BCUT2D eigenvalue weighted by Crippen LogP contribution is -2.25. The smallest absolute Gasteiger partial charge is 0.192 e. The summed E-state index contributed by atoms with van der Waals surface area (Å²) in [5.74, 6) is 1.36. The van der Waals surface area contributed by atoms with Gasteiger partial charge >= 0.3 is 0 Å². The second kappa shape index (κ2) is 5.92. The second-order valence-electron chi connectivity index (χ2n) is 3.46. The van der Waals surface area contributed by atoms with Gasteiger partial charge in [0, 0.05) is 6.20 Å².